The average Bonchev–Trinajstić information content (AvgIpc) is 2.84. The molecule has 0 radical (unpaired) electrons. The van der Waals surface area contributed by atoms with E-state index in [1.54, 1.807) is 17.5 Å². The lowest BCUT2D eigenvalue weighted by atomic mass is 9.73. The third-order valence-electron chi connectivity index (χ3n) is 4.03. The first-order chi connectivity index (χ1) is 9.49. The Labute approximate surface area is 123 Å². The predicted octanol–water partition coefficient (Wildman–Crippen LogP) is 2.19. The van der Waals surface area contributed by atoms with Crippen LogP contribution in [-0.4, -0.2) is 28.8 Å². The normalized spacial score (nSPS) is 26.2. The molecule has 0 aromatic carbocycles. The fraction of sp³-hybridized carbons (Fsp3) is 0.714. The van der Waals surface area contributed by atoms with Crippen LogP contribution < -0.4 is 10.6 Å². The molecule has 1 fully saturated rings. The van der Waals surface area contributed by atoms with Gasteiger partial charge in [-0.15, -0.1) is 11.3 Å². The highest BCUT2D eigenvalue weighted by Crippen LogP contribution is 2.35. The molecule has 3 N–H and O–H groups in total. The summed E-state index contributed by atoms with van der Waals surface area (Å²) in [5.41, 5.74) is -0.198. The monoisotopic (exact) mass is 297 g/mol. The van der Waals surface area contributed by atoms with Crippen LogP contribution >= 0.6 is 11.3 Å². The van der Waals surface area contributed by atoms with Gasteiger partial charge in [0.25, 0.3) is 0 Å². The smallest absolute Gasteiger partial charge is 0.315 e. The van der Waals surface area contributed by atoms with Crippen molar-refractivity contribution in [3.05, 3.63) is 16.1 Å². The molecule has 2 atom stereocenters. The van der Waals surface area contributed by atoms with Gasteiger partial charge in [0.05, 0.1) is 17.7 Å². The van der Waals surface area contributed by atoms with Crippen LogP contribution in [0.3, 0.4) is 0 Å². The molecule has 112 valence electrons. The molecule has 2 unspecified atom stereocenters. The maximum Gasteiger partial charge on any atom is 0.315 e. The number of hydrogen-bond donors (Lipinski definition) is 3. The maximum atomic E-state index is 11.8. The topological polar surface area (TPSA) is 74.2 Å². The standard InChI is InChI=1S/C14H23N3O2S/c1-10-15-7-11(20-10)8-16-13(19)17-9-14(2)6-4-3-5-12(14)18/h7,12,18H,3-6,8-9H2,1-2H3,(H2,16,17,19). The molecular weight excluding hydrogens is 274 g/mol. The van der Waals surface area contributed by atoms with E-state index in [4.69, 9.17) is 0 Å². The quantitative estimate of drug-likeness (QED) is 0.797. The van der Waals surface area contributed by atoms with Crippen molar-refractivity contribution in [1.29, 1.82) is 0 Å². The highest BCUT2D eigenvalue weighted by atomic mass is 32.1. The van der Waals surface area contributed by atoms with Crippen molar-refractivity contribution in [2.75, 3.05) is 6.54 Å². The Hall–Kier alpha value is -1.14. The molecule has 0 saturated heterocycles. The van der Waals surface area contributed by atoms with E-state index in [2.05, 4.69) is 15.6 Å². The fourth-order valence-electron chi connectivity index (χ4n) is 2.59. The van der Waals surface area contributed by atoms with Crippen LogP contribution in [0.1, 0.15) is 42.5 Å². The summed E-state index contributed by atoms with van der Waals surface area (Å²) in [5, 5.41) is 16.8. The molecule has 20 heavy (non-hydrogen) atoms. The van der Waals surface area contributed by atoms with Crippen molar-refractivity contribution >= 4 is 17.4 Å². The number of carbonyl (C=O) groups excluding carboxylic acids is 1. The number of amides is 2. The van der Waals surface area contributed by atoms with Crippen molar-refractivity contribution in [3.63, 3.8) is 0 Å². The lowest BCUT2D eigenvalue weighted by Crippen LogP contribution is -2.47. The molecule has 1 aliphatic rings. The van der Waals surface area contributed by atoms with Gasteiger partial charge >= 0.3 is 6.03 Å². The number of thiazole rings is 1. The number of hydrogen-bond acceptors (Lipinski definition) is 4. The molecule has 0 aliphatic heterocycles. The Morgan fingerprint density at radius 2 is 2.35 bits per heavy atom. The van der Waals surface area contributed by atoms with Gasteiger partial charge in [0.15, 0.2) is 0 Å². The minimum Gasteiger partial charge on any atom is -0.392 e. The summed E-state index contributed by atoms with van der Waals surface area (Å²) in [4.78, 5) is 17.0. The zero-order valence-electron chi connectivity index (χ0n) is 12.1. The van der Waals surface area contributed by atoms with Gasteiger partial charge in [0, 0.05) is 23.0 Å². The molecule has 0 spiro atoms. The van der Waals surface area contributed by atoms with E-state index >= 15 is 0 Å². The fourth-order valence-corrected chi connectivity index (χ4v) is 3.32. The van der Waals surface area contributed by atoms with E-state index in [-0.39, 0.29) is 17.6 Å². The third kappa shape index (κ3) is 3.93. The summed E-state index contributed by atoms with van der Waals surface area (Å²) in [7, 11) is 0. The first-order valence-corrected chi connectivity index (χ1v) is 7.92. The van der Waals surface area contributed by atoms with Gasteiger partial charge in [0.1, 0.15) is 0 Å². The number of rotatable bonds is 4. The summed E-state index contributed by atoms with van der Waals surface area (Å²) >= 11 is 1.58. The Bertz CT molecular complexity index is 463. The van der Waals surface area contributed by atoms with Gasteiger partial charge in [0.2, 0.25) is 0 Å². The number of aliphatic hydroxyl groups excluding tert-OH is 1. The van der Waals surface area contributed by atoms with Crippen LogP contribution in [0.5, 0.6) is 0 Å². The van der Waals surface area contributed by atoms with Crippen LogP contribution in [-0.2, 0) is 6.54 Å². The van der Waals surface area contributed by atoms with Gasteiger partial charge in [-0.05, 0) is 19.8 Å². The summed E-state index contributed by atoms with van der Waals surface area (Å²) in [5.74, 6) is 0. The molecule has 5 nitrogen and oxygen atoms in total. The molecule has 1 aromatic heterocycles. The van der Waals surface area contributed by atoms with Gasteiger partial charge in [-0.25, -0.2) is 9.78 Å². The van der Waals surface area contributed by atoms with Crippen molar-refractivity contribution in [2.45, 2.75) is 52.2 Å². The molecular formula is C14H23N3O2S. The summed E-state index contributed by atoms with van der Waals surface area (Å²) in [6.45, 7) is 5.00. The number of aromatic nitrogens is 1. The second-order valence-corrected chi connectivity index (χ2v) is 7.12. The number of nitrogens with zero attached hydrogens (tertiary/aromatic N) is 1. The second-order valence-electron chi connectivity index (χ2n) is 5.80. The summed E-state index contributed by atoms with van der Waals surface area (Å²) in [6, 6.07) is -0.185. The number of carbonyl (C=O) groups is 1. The van der Waals surface area contributed by atoms with Crippen LogP contribution in [0.25, 0.3) is 0 Å². The summed E-state index contributed by atoms with van der Waals surface area (Å²) in [6.07, 6.45) is 5.46. The third-order valence-corrected chi connectivity index (χ3v) is 4.94. The van der Waals surface area contributed by atoms with Crippen LogP contribution in [0.15, 0.2) is 6.20 Å². The molecule has 2 rings (SSSR count). The zero-order valence-corrected chi connectivity index (χ0v) is 12.9. The van der Waals surface area contributed by atoms with Crippen molar-refractivity contribution in [2.24, 2.45) is 5.41 Å². The molecule has 0 bridgehead atoms. The minimum atomic E-state index is -0.319. The van der Waals surface area contributed by atoms with E-state index < -0.39 is 0 Å². The van der Waals surface area contributed by atoms with E-state index in [9.17, 15) is 9.90 Å². The first kappa shape index (κ1) is 15.3. The van der Waals surface area contributed by atoms with Crippen LogP contribution in [0, 0.1) is 12.3 Å². The second kappa shape index (κ2) is 6.54. The van der Waals surface area contributed by atoms with E-state index in [1.807, 2.05) is 13.8 Å². The molecule has 1 aromatic rings. The largest absolute Gasteiger partial charge is 0.392 e. The van der Waals surface area contributed by atoms with Crippen molar-refractivity contribution < 1.29 is 9.90 Å². The number of nitrogens with one attached hydrogen (secondary N) is 2. The zero-order chi connectivity index (χ0) is 14.6. The van der Waals surface area contributed by atoms with E-state index in [1.165, 1.54) is 0 Å². The highest BCUT2D eigenvalue weighted by molar-refractivity contribution is 7.11. The van der Waals surface area contributed by atoms with E-state index in [0.29, 0.717) is 13.1 Å². The van der Waals surface area contributed by atoms with Crippen LogP contribution in [0.2, 0.25) is 0 Å². The molecule has 1 aliphatic carbocycles. The first-order valence-electron chi connectivity index (χ1n) is 7.11. The lowest BCUT2D eigenvalue weighted by Gasteiger charge is -2.38. The van der Waals surface area contributed by atoms with Gasteiger partial charge in [-0.3, -0.25) is 0 Å². The Balaban J connectivity index is 1.74. The number of urea groups is 1. The number of aryl methyl sites for hydroxylation is 1. The van der Waals surface area contributed by atoms with Gasteiger partial charge in [-0.2, -0.15) is 0 Å². The summed E-state index contributed by atoms with van der Waals surface area (Å²) < 4.78 is 0. The highest BCUT2D eigenvalue weighted by Gasteiger charge is 2.35. The molecule has 6 heteroatoms. The number of aliphatic hydroxyl groups is 1. The molecule has 2 amide bonds. The van der Waals surface area contributed by atoms with Gasteiger partial charge in [-0.1, -0.05) is 19.8 Å². The van der Waals surface area contributed by atoms with Crippen molar-refractivity contribution in [3.8, 4) is 0 Å². The molecule has 1 saturated carbocycles. The van der Waals surface area contributed by atoms with Gasteiger partial charge < -0.3 is 15.7 Å². The minimum absolute atomic E-state index is 0.185. The SMILES string of the molecule is Cc1ncc(CNC(=O)NCC2(C)CCCCC2O)s1. The Morgan fingerprint density at radius 1 is 1.55 bits per heavy atom. The molecule has 1 heterocycles. The Morgan fingerprint density at radius 3 is 3.00 bits per heavy atom. The predicted molar refractivity (Wildman–Crippen MR) is 79.7 cm³/mol. The average molecular weight is 297 g/mol. The lowest BCUT2D eigenvalue weighted by molar-refractivity contribution is 0.00309. The Kier molecular flexibility index (Phi) is 4.99. The van der Waals surface area contributed by atoms with Crippen molar-refractivity contribution in [1.82, 2.24) is 15.6 Å². The van der Waals surface area contributed by atoms with Crippen LogP contribution in [0.4, 0.5) is 4.79 Å². The maximum absolute atomic E-state index is 11.8. The van der Waals surface area contributed by atoms with E-state index in [0.717, 1.165) is 35.6 Å².